The first-order chi connectivity index (χ1) is 34.1. The zero-order valence-corrected chi connectivity index (χ0v) is 50.6. The molecule has 13 heteroatoms. The van der Waals surface area contributed by atoms with Gasteiger partial charge < -0.3 is 27.8 Å². The second-order valence-corrected chi connectivity index (χ2v) is 34.3. The highest BCUT2D eigenvalue weighted by Crippen LogP contribution is 2.44. The minimum absolute atomic E-state index is 0.0461. The molecule has 3 aliphatic heterocycles. The monoisotopic (exact) mass is 1040 g/mol. The molecule has 0 saturated carbocycles. The summed E-state index contributed by atoms with van der Waals surface area (Å²) in [5, 5.41) is 3.71. The highest BCUT2D eigenvalue weighted by molar-refractivity contribution is 6.77. The third kappa shape index (κ3) is 20.3. The van der Waals surface area contributed by atoms with Gasteiger partial charge in [-0.25, -0.2) is 10.1 Å². The Labute approximate surface area is 443 Å². The predicted octanol–water partition coefficient (Wildman–Crippen LogP) is 14.8. The third-order valence-electron chi connectivity index (χ3n) is 16.5. The Kier molecular flexibility index (Phi) is 28.7. The molecule has 0 unspecified atom stereocenters. The van der Waals surface area contributed by atoms with Gasteiger partial charge in [-0.1, -0.05) is 165 Å². The van der Waals surface area contributed by atoms with Crippen molar-refractivity contribution in [2.75, 3.05) is 26.4 Å². The summed E-state index contributed by atoms with van der Waals surface area (Å²) >= 11 is 0. The van der Waals surface area contributed by atoms with Crippen molar-refractivity contribution >= 4 is 34.5 Å². The molecule has 0 spiro atoms. The molecule has 0 amide bonds. The molecule has 0 aromatic carbocycles. The number of unbranched alkanes of at least 4 members (excludes halogenated alkanes) is 12. The van der Waals surface area contributed by atoms with E-state index in [-0.39, 0.29) is 41.3 Å². The first-order valence-corrected chi connectivity index (χ1v) is 34.3. The molecule has 72 heavy (non-hydrogen) atoms. The SMILES string of the molecule is C=CCOC(=O)CCCCCCCCCCCCCCCOC(=O)C1=C(CCC[C@@H](C)O[Si](C)(C)C(C)(C)C)NC(N)=[N+]2[C@H](CC3(CC/C=C\[C@H](CC)O[Si](C(C)C)(C(C)C)C(C)C)OCCCO3)CC[C@@H]12. The number of carbonyl (C=O) groups excluding carboxylic acids is 2. The number of nitrogens with one attached hydrogen (secondary N) is 1. The summed E-state index contributed by atoms with van der Waals surface area (Å²) in [6.07, 6.45) is 30.3. The molecule has 3 N–H and O–H groups in total. The fourth-order valence-electron chi connectivity index (χ4n) is 11.6. The van der Waals surface area contributed by atoms with Crippen LogP contribution in [0, 0.1) is 0 Å². The van der Waals surface area contributed by atoms with Crippen LogP contribution in [0.5, 0.6) is 0 Å². The average molecular weight is 1050 g/mol. The highest BCUT2D eigenvalue weighted by atomic mass is 28.4. The number of nitrogens with zero attached hydrogens (tertiary/aromatic N) is 1. The normalized spacial score (nSPS) is 19.6. The molecule has 0 aromatic rings. The van der Waals surface area contributed by atoms with Crippen LogP contribution in [0.15, 0.2) is 36.1 Å². The van der Waals surface area contributed by atoms with Crippen molar-refractivity contribution in [2.45, 2.75) is 295 Å². The van der Waals surface area contributed by atoms with Crippen molar-refractivity contribution in [2.24, 2.45) is 5.73 Å². The maximum atomic E-state index is 14.4. The zero-order chi connectivity index (χ0) is 53.4. The lowest BCUT2D eigenvalue weighted by atomic mass is 9.97. The number of hydrogen-bond donors (Lipinski definition) is 2. The Hall–Kier alpha value is -2.30. The number of hydrogen-bond acceptors (Lipinski definition) is 10. The number of guanidine groups is 1. The minimum atomic E-state index is -2.02. The Balaban J connectivity index is 1.61. The maximum Gasteiger partial charge on any atom is 0.348 e. The van der Waals surface area contributed by atoms with Crippen molar-refractivity contribution in [1.29, 1.82) is 0 Å². The molecule has 0 bridgehead atoms. The first kappa shape index (κ1) is 64.0. The molecule has 0 radical (unpaired) electrons. The van der Waals surface area contributed by atoms with Crippen LogP contribution in [0.1, 0.15) is 230 Å². The van der Waals surface area contributed by atoms with E-state index in [9.17, 15) is 9.59 Å². The Morgan fingerprint density at radius 2 is 1.40 bits per heavy atom. The third-order valence-corrected chi connectivity index (χ3v) is 27.2. The van der Waals surface area contributed by atoms with E-state index in [1.165, 1.54) is 51.4 Å². The summed E-state index contributed by atoms with van der Waals surface area (Å²) in [5.74, 6) is -0.450. The van der Waals surface area contributed by atoms with E-state index in [1.807, 2.05) is 0 Å². The van der Waals surface area contributed by atoms with Crippen LogP contribution < -0.4 is 11.1 Å². The molecule has 3 rings (SSSR count). The van der Waals surface area contributed by atoms with Crippen LogP contribution in [0.3, 0.4) is 0 Å². The average Bonchev–Trinajstić information content (AvgIpc) is 3.72. The number of nitrogens with two attached hydrogens (primary N) is 1. The maximum absolute atomic E-state index is 14.4. The van der Waals surface area contributed by atoms with E-state index in [4.69, 9.17) is 33.5 Å². The highest BCUT2D eigenvalue weighted by Gasteiger charge is 2.49. The van der Waals surface area contributed by atoms with Gasteiger partial charge in [0.2, 0.25) is 8.32 Å². The second kappa shape index (κ2) is 32.3. The van der Waals surface area contributed by atoms with Crippen molar-refractivity contribution in [3.05, 3.63) is 36.1 Å². The van der Waals surface area contributed by atoms with Crippen molar-refractivity contribution in [1.82, 2.24) is 5.32 Å². The van der Waals surface area contributed by atoms with Gasteiger partial charge in [0.15, 0.2) is 14.1 Å². The molecule has 0 aliphatic carbocycles. The van der Waals surface area contributed by atoms with Gasteiger partial charge in [-0.2, -0.15) is 0 Å². The molecule has 0 aromatic heterocycles. The van der Waals surface area contributed by atoms with Gasteiger partial charge in [-0.05, 0) is 99.5 Å². The summed E-state index contributed by atoms with van der Waals surface area (Å²) in [4.78, 5) is 26.0. The minimum Gasteiger partial charge on any atom is -0.462 e. The van der Waals surface area contributed by atoms with E-state index in [0.717, 1.165) is 94.7 Å². The first-order valence-electron chi connectivity index (χ1n) is 29.3. The van der Waals surface area contributed by atoms with Gasteiger partial charge in [0, 0.05) is 31.8 Å². The molecule has 2 saturated heterocycles. The molecule has 416 valence electrons. The molecule has 2 fully saturated rings. The standard InChI is InChI=1S/C59H109N3O8Si2/c1-15-41-65-54(63)37-28-26-24-22-20-18-17-19-21-23-25-27-31-42-66-56(64)55-52(36-32-34-49(9)69-71(13,14)58(10,11)12)61-57(60)62-50(38-39-53(55)62)45-59(67-43-33-44-68-59)40-30-29-35-51(16-2)70-72(46(3)4,47(5)6)48(7)8/h15,29,35,46-51,53H,1,16-28,30-34,36-45H2,2-14H3,(H2,60,61,64)/p+1/b35-29-/t49-,50+,51+,53+/m1/s1. The topological polar surface area (TPSA) is 131 Å². The summed E-state index contributed by atoms with van der Waals surface area (Å²) in [6.45, 7) is 35.7. The molecular formula is C59H110N3O8Si2+. The van der Waals surface area contributed by atoms with Crippen LogP contribution in [-0.4, -0.2) is 95.6 Å². The van der Waals surface area contributed by atoms with E-state index >= 15 is 0 Å². The second-order valence-electron chi connectivity index (χ2n) is 24.1. The van der Waals surface area contributed by atoms with Crippen LogP contribution in [0.25, 0.3) is 0 Å². The number of ether oxygens (including phenoxy) is 4. The van der Waals surface area contributed by atoms with Crippen LogP contribution >= 0.6 is 0 Å². The van der Waals surface area contributed by atoms with Gasteiger partial charge in [0.1, 0.15) is 18.2 Å². The number of esters is 2. The van der Waals surface area contributed by atoms with E-state index in [1.54, 1.807) is 6.08 Å². The van der Waals surface area contributed by atoms with Gasteiger partial charge in [-0.3, -0.25) is 15.1 Å². The Bertz CT molecular complexity index is 1680. The summed E-state index contributed by atoms with van der Waals surface area (Å²) < 4.78 is 40.6. The summed E-state index contributed by atoms with van der Waals surface area (Å²) in [6, 6.07) is -0.113. The zero-order valence-electron chi connectivity index (χ0n) is 48.6. The van der Waals surface area contributed by atoms with Gasteiger partial charge in [0.25, 0.3) is 0 Å². The van der Waals surface area contributed by atoms with Gasteiger partial charge >= 0.3 is 17.9 Å². The number of allylic oxidation sites excluding steroid dienone is 2. The van der Waals surface area contributed by atoms with E-state index < -0.39 is 22.4 Å². The van der Waals surface area contributed by atoms with Crippen molar-refractivity contribution < 1.29 is 42.0 Å². The van der Waals surface area contributed by atoms with Gasteiger partial charge in [-0.15, -0.1) is 0 Å². The lowest BCUT2D eigenvalue weighted by Crippen LogP contribution is -2.53. The van der Waals surface area contributed by atoms with Crippen LogP contribution in [-0.2, 0) is 37.4 Å². The number of carbonyl (C=O) groups is 2. The lowest BCUT2D eigenvalue weighted by Gasteiger charge is -2.44. The molecule has 3 aliphatic rings. The quantitative estimate of drug-likeness (QED) is 0.0204. The molecular weight excluding hydrogens is 935 g/mol. The van der Waals surface area contributed by atoms with Crippen LogP contribution in [0.2, 0.25) is 34.8 Å². The predicted molar refractivity (Wildman–Crippen MR) is 303 cm³/mol. The van der Waals surface area contributed by atoms with Crippen molar-refractivity contribution in [3.8, 4) is 0 Å². The molecule has 11 nitrogen and oxygen atoms in total. The number of rotatable bonds is 37. The van der Waals surface area contributed by atoms with Gasteiger partial charge in [0.05, 0.1) is 37.7 Å². The van der Waals surface area contributed by atoms with E-state index in [0.29, 0.717) is 68.3 Å². The summed E-state index contributed by atoms with van der Waals surface area (Å²) in [5.41, 5.74) is 10.3. The van der Waals surface area contributed by atoms with Crippen molar-refractivity contribution in [3.63, 3.8) is 0 Å². The number of fused-ring (bicyclic) bond motifs is 1. The molecule has 3 heterocycles. The van der Waals surface area contributed by atoms with E-state index in [2.05, 4.69) is 118 Å². The largest absolute Gasteiger partial charge is 0.462 e. The fourth-order valence-corrected chi connectivity index (χ4v) is 18.6. The fraction of sp³-hybridized carbons (Fsp3) is 0.847. The summed E-state index contributed by atoms with van der Waals surface area (Å²) in [7, 11) is -3.93. The smallest absolute Gasteiger partial charge is 0.348 e. The lowest BCUT2D eigenvalue weighted by molar-refractivity contribution is -0.580. The van der Waals surface area contributed by atoms with Crippen LogP contribution in [0.4, 0.5) is 0 Å². The molecule has 4 atom stereocenters. The Morgan fingerprint density at radius 3 is 1.94 bits per heavy atom. The Morgan fingerprint density at radius 1 is 0.833 bits per heavy atom.